The quantitative estimate of drug-likeness (QED) is 0.817. The van der Waals surface area contributed by atoms with E-state index in [0.717, 1.165) is 37.6 Å². The fourth-order valence-electron chi connectivity index (χ4n) is 2.35. The van der Waals surface area contributed by atoms with E-state index in [9.17, 15) is 0 Å². The molecule has 0 saturated heterocycles. The second kappa shape index (κ2) is 7.46. The van der Waals surface area contributed by atoms with Crippen molar-refractivity contribution in [2.45, 2.75) is 33.7 Å². The second-order valence-electron chi connectivity index (χ2n) is 5.32. The summed E-state index contributed by atoms with van der Waals surface area (Å²) < 4.78 is 0. The SMILES string of the molecule is CCN(CCCN(C)C)c1nc(C)cc(C)c1CN. The van der Waals surface area contributed by atoms with E-state index in [1.165, 1.54) is 11.1 Å². The minimum Gasteiger partial charge on any atom is -0.357 e. The van der Waals surface area contributed by atoms with Crippen molar-refractivity contribution in [3.63, 3.8) is 0 Å². The Kier molecular flexibility index (Phi) is 6.25. The molecule has 19 heavy (non-hydrogen) atoms. The number of hydrogen-bond acceptors (Lipinski definition) is 4. The molecule has 1 heterocycles. The highest BCUT2D eigenvalue weighted by Crippen LogP contribution is 2.22. The van der Waals surface area contributed by atoms with Gasteiger partial charge in [0.15, 0.2) is 0 Å². The lowest BCUT2D eigenvalue weighted by atomic mass is 10.1. The molecule has 0 aliphatic heterocycles. The highest BCUT2D eigenvalue weighted by Gasteiger charge is 2.13. The lowest BCUT2D eigenvalue weighted by molar-refractivity contribution is 0.400. The van der Waals surface area contributed by atoms with E-state index in [1.807, 2.05) is 6.92 Å². The van der Waals surface area contributed by atoms with Gasteiger partial charge in [-0.25, -0.2) is 4.98 Å². The summed E-state index contributed by atoms with van der Waals surface area (Å²) in [6, 6.07) is 2.11. The maximum Gasteiger partial charge on any atom is 0.133 e. The number of aryl methyl sites for hydroxylation is 2. The van der Waals surface area contributed by atoms with Crippen molar-refractivity contribution in [1.29, 1.82) is 0 Å². The molecule has 0 bridgehead atoms. The Hall–Kier alpha value is -1.13. The maximum absolute atomic E-state index is 5.90. The first kappa shape index (κ1) is 15.9. The van der Waals surface area contributed by atoms with E-state index in [2.05, 4.69) is 43.8 Å². The molecule has 1 aromatic rings. The molecule has 0 aliphatic carbocycles. The van der Waals surface area contributed by atoms with Gasteiger partial charge in [0.25, 0.3) is 0 Å². The smallest absolute Gasteiger partial charge is 0.133 e. The van der Waals surface area contributed by atoms with Crippen molar-refractivity contribution in [1.82, 2.24) is 9.88 Å². The molecule has 108 valence electrons. The highest BCUT2D eigenvalue weighted by atomic mass is 15.2. The number of hydrogen-bond donors (Lipinski definition) is 1. The van der Waals surface area contributed by atoms with Gasteiger partial charge in [-0.3, -0.25) is 0 Å². The lowest BCUT2D eigenvalue weighted by Crippen LogP contribution is -2.29. The highest BCUT2D eigenvalue weighted by molar-refractivity contribution is 5.51. The van der Waals surface area contributed by atoms with E-state index in [-0.39, 0.29) is 0 Å². The van der Waals surface area contributed by atoms with Gasteiger partial charge in [0.2, 0.25) is 0 Å². The van der Waals surface area contributed by atoms with E-state index < -0.39 is 0 Å². The summed E-state index contributed by atoms with van der Waals surface area (Å²) in [6.07, 6.45) is 1.14. The molecule has 0 fully saturated rings. The Morgan fingerprint density at radius 2 is 1.89 bits per heavy atom. The van der Waals surface area contributed by atoms with Crippen molar-refractivity contribution >= 4 is 5.82 Å². The summed E-state index contributed by atoms with van der Waals surface area (Å²) >= 11 is 0. The van der Waals surface area contributed by atoms with Crippen molar-refractivity contribution in [2.24, 2.45) is 5.73 Å². The minimum atomic E-state index is 0.554. The number of anilines is 1. The van der Waals surface area contributed by atoms with Gasteiger partial charge >= 0.3 is 0 Å². The zero-order valence-electron chi connectivity index (χ0n) is 13.0. The molecule has 0 atom stereocenters. The molecule has 4 nitrogen and oxygen atoms in total. The van der Waals surface area contributed by atoms with E-state index in [1.54, 1.807) is 0 Å². The second-order valence-corrected chi connectivity index (χ2v) is 5.32. The molecule has 4 heteroatoms. The normalized spacial score (nSPS) is 11.1. The van der Waals surface area contributed by atoms with E-state index >= 15 is 0 Å². The van der Waals surface area contributed by atoms with Gasteiger partial charge < -0.3 is 15.5 Å². The first-order chi connectivity index (χ1) is 8.99. The summed E-state index contributed by atoms with van der Waals surface area (Å²) in [6.45, 7) is 9.99. The number of nitrogens with zero attached hydrogens (tertiary/aromatic N) is 3. The first-order valence-corrected chi connectivity index (χ1v) is 7.06. The Balaban J connectivity index is 2.90. The molecule has 1 aromatic heterocycles. The number of aromatic nitrogens is 1. The van der Waals surface area contributed by atoms with Crippen LogP contribution in [0.15, 0.2) is 6.07 Å². The van der Waals surface area contributed by atoms with Crippen LogP contribution in [0.4, 0.5) is 5.82 Å². The largest absolute Gasteiger partial charge is 0.357 e. The van der Waals surface area contributed by atoms with Gasteiger partial charge in [0, 0.05) is 30.9 Å². The third kappa shape index (κ3) is 4.48. The van der Waals surface area contributed by atoms with Crippen LogP contribution in [-0.4, -0.2) is 43.6 Å². The molecule has 0 saturated carbocycles. The number of nitrogens with two attached hydrogens (primary N) is 1. The Bertz CT molecular complexity index is 401. The van der Waals surface area contributed by atoms with Gasteiger partial charge in [-0.05, 0) is 59.5 Å². The number of pyridine rings is 1. The van der Waals surface area contributed by atoms with Gasteiger partial charge in [-0.1, -0.05) is 0 Å². The molecule has 0 spiro atoms. The zero-order valence-corrected chi connectivity index (χ0v) is 13.0. The predicted octanol–water partition coefficient (Wildman–Crippen LogP) is 1.94. The molecule has 0 aromatic carbocycles. The lowest BCUT2D eigenvalue weighted by Gasteiger charge is -2.26. The molecule has 0 unspecified atom stereocenters. The average Bonchev–Trinajstić information content (AvgIpc) is 2.33. The Morgan fingerprint density at radius 3 is 2.42 bits per heavy atom. The summed E-state index contributed by atoms with van der Waals surface area (Å²) in [5.74, 6) is 1.07. The van der Waals surface area contributed by atoms with Crippen molar-refractivity contribution in [3.8, 4) is 0 Å². The van der Waals surface area contributed by atoms with Crippen LogP contribution in [0.2, 0.25) is 0 Å². The van der Waals surface area contributed by atoms with Crippen LogP contribution in [0.5, 0.6) is 0 Å². The Labute approximate surface area is 117 Å². The summed E-state index contributed by atoms with van der Waals surface area (Å²) in [4.78, 5) is 9.26. The van der Waals surface area contributed by atoms with Gasteiger partial charge in [-0.15, -0.1) is 0 Å². The molecule has 2 N–H and O–H groups in total. The molecular formula is C15H28N4. The molecular weight excluding hydrogens is 236 g/mol. The van der Waals surface area contributed by atoms with Crippen molar-refractivity contribution in [2.75, 3.05) is 38.6 Å². The van der Waals surface area contributed by atoms with Crippen LogP contribution in [0.1, 0.15) is 30.2 Å². The monoisotopic (exact) mass is 264 g/mol. The topological polar surface area (TPSA) is 45.4 Å². The van der Waals surface area contributed by atoms with Crippen LogP contribution < -0.4 is 10.6 Å². The fraction of sp³-hybridized carbons (Fsp3) is 0.667. The number of rotatable bonds is 7. The van der Waals surface area contributed by atoms with E-state index in [0.29, 0.717) is 6.54 Å². The van der Waals surface area contributed by atoms with Crippen LogP contribution in [-0.2, 0) is 6.54 Å². The molecule has 0 radical (unpaired) electrons. The third-order valence-electron chi connectivity index (χ3n) is 3.37. The minimum absolute atomic E-state index is 0.554. The van der Waals surface area contributed by atoms with Crippen LogP contribution in [0.3, 0.4) is 0 Å². The van der Waals surface area contributed by atoms with Crippen molar-refractivity contribution < 1.29 is 0 Å². The first-order valence-electron chi connectivity index (χ1n) is 7.06. The van der Waals surface area contributed by atoms with Crippen LogP contribution >= 0.6 is 0 Å². The van der Waals surface area contributed by atoms with Crippen LogP contribution in [0, 0.1) is 13.8 Å². The summed E-state index contributed by atoms with van der Waals surface area (Å²) in [5, 5.41) is 0. The van der Waals surface area contributed by atoms with E-state index in [4.69, 9.17) is 10.7 Å². The molecule has 0 aliphatic rings. The van der Waals surface area contributed by atoms with Gasteiger partial charge in [-0.2, -0.15) is 0 Å². The summed E-state index contributed by atoms with van der Waals surface area (Å²) in [7, 11) is 4.22. The summed E-state index contributed by atoms with van der Waals surface area (Å²) in [5.41, 5.74) is 9.39. The molecule has 0 amide bonds. The molecule has 1 rings (SSSR count). The average molecular weight is 264 g/mol. The van der Waals surface area contributed by atoms with Crippen molar-refractivity contribution in [3.05, 3.63) is 22.9 Å². The standard InChI is InChI=1S/C15H28N4/c1-6-19(9-7-8-18(4)5)15-14(11-16)12(2)10-13(3)17-15/h10H,6-9,11,16H2,1-5H3. The zero-order chi connectivity index (χ0) is 14.4. The maximum atomic E-state index is 5.90. The Morgan fingerprint density at radius 1 is 1.21 bits per heavy atom. The van der Waals surface area contributed by atoms with Gasteiger partial charge in [0.1, 0.15) is 5.82 Å². The van der Waals surface area contributed by atoms with Crippen LogP contribution in [0.25, 0.3) is 0 Å². The predicted molar refractivity (Wildman–Crippen MR) is 82.7 cm³/mol. The third-order valence-corrected chi connectivity index (χ3v) is 3.37. The van der Waals surface area contributed by atoms with Gasteiger partial charge in [0.05, 0.1) is 0 Å². The fourth-order valence-corrected chi connectivity index (χ4v) is 2.35.